The summed E-state index contributed by atoms with van der Waals surface area (Å²) in [6.07, 6.45) is 0.994. The summed E-state index contributed by atoms with van der Waals surface area (Å²) in [6.45, 7) is 3.26. The molecule has 3 aromatic carbocycles. The van der Waals surface area contributed by atoms with Crippen molar-refractivity contribution in [3.05, 3.63) is 95.8 Å². The third-order valence-corrected chi connectivity index (χ3v) is 9.87. The van der Waals surface area contributed by atoms with Gasteiger partial charge >= 0.3 is 7.82 Å². The average Bonchev–Trinajstić information content (AvgIpc) is 3.01. The molecule has 252 valence electrons. The number of nitrogens with zero attached hydrogens (tertiary/aromatic N) is 1. The molecule has 0 heterocycles. The molecule has 0 spiro atoms. The van der Waals surface area contributed by atoms with Crippen LogP contribution >= 0.6 is 7.82 Å². The normalized spacial score (nSPS) is 13.7. The maximum Gasteiger partial charge on any atom is 0.469 e. The van der Waals surface area contributed by atoms with Crippen molar-refractivity contribution in [2.75, 3.05) is 32.5 Å². The minimum absolute atomic E-state index is 0.00946. The van der Waals surface area contributed by atoms with Gasteiger partial charge in [0.05, 0.1) is 23.2 Å². The predicted octanol–water partition coefficient (Wildman–Crippen LogP) is 4.24. The minimum Gasteiger partial charge on any atom is -0.396 e. The second-order valence-electron chi connectivity index (χ2n) is 11.4. The molecule has 1 amide bonds. The summed E-state index contributed by atoms with van der Waals surface area (Å²) in [6, 6.07) is 21.0. The number of likely N-dealkylation sites (N-methyl/N-ethyl adjacent to an activating group) is 1. The lowest BCUT2D eigenvalue weighted by Gasteiger charge is -2.32. The van der Waals surface area contributed by atoms with Crippen LogP contribution in [-0.2, 0) is 23.9 Å². The summed E-state index contributed by atoms with van der Waals surface area (Å²) in [5.41, 5.74) is 7.28. The van der Waals surface area contributed by atoms with Gasteiger partial charge in [0.2, 0.25) is 15.9 Å². The lowest BCUT2D eigenvalue weighted by atomic mass is 9.84. The lowest BCUT2D eigenvalue weighted by Crippen LogP contribution is -2.47. The summed E-state index contributed by atoms with van der Waals surface area (Å²) in [4.78, 5) is 31.9. The minimum atomic E-state index is -4.93. The Bertz CT molecular complexity index is 1520. The number of sulfonamides is 1. The Hall–Kier alpha value is -3.16. The number of nitrogens with one attached hydrogen (secondary N) is 2. The molecule has 0 aliphatic heterocycles. The van der Waals surface area contributed by atoms with Gasteiger partial charge in [0.15, 0.2) is 0 Å². The third kappa shape index (κ3) is 10.7. The number of carbonyl (C=O) groups is 1. The van der Waals surface area contributed by atoms with Crippen molar-refractivity contribution >= 4 is 29.4 Å². The fourth-order valence-corrected chi connectivity index (χ4v) is 7.46. The Morgan fingerprint density at radius 2 is 1.59 bits per heavy atom. The fraction of sp³-hybridized carbons (Fsp3) is 0.406. The number of benzene rings is 3. The van der Waals surface area contributed by atoms with Crippen LogP contribution in [0.2, 0.25) is 0 Å². The number of hydrogen-bond acceptors (Lipinski definition) is 7. The van der Waals surface area contributed by atoms with Crippen molar-refractivity contribution in [1.29, 1.82) is 0 Å². The summed E-state index contributed by atoms with van der Waals surface area (Å²) in [5, 5.41) is 6.12. The first-order valence-corrected chi connectivity index (χ1v) is 18.0. The van der Waals surface area contributed by atoms with E-state index in [9.17, 15) is 32.0 Å². The van der Waals surface area contributed by atoms with Gasteiger partial charge in [-0.1, -0.05) is 80.9 Å². The quantitative estimate of drug-likeness (QED) is 0.0750. The summed E-state index contributed by atoms with van der Waals surface area (Å²) in [5.74, 6) is -1.54. The van der Waals surface area contributed by atoms with Gasteiger partial charge in [-0.25, -0.2) is 17.4 Å². The zero-order chi connectivity index (χ0) is 33.9. The van der Waals surface area contributed by atoms with Gasteiger partial charge in [-0.2, -0.15) is 4.31 Å². The van der Waals surface area contributed by atoms with Crippen molar-refractivity contribution in [2.45, 2.75) is 56.0 Å². The zero-order valence-electron chi connectivity index (χ0n) is 26.3. The van der Waals surface area contributed by atoms with Gasteiger partial charge in [0.25, 0.3) is 0 Å². The molecule has 0 unspecified atom stereocenters. The van der Waals surface area contributed by atoms with Crippen LogP contribution in [0.1, 0.15) is 50.2 Å². The molecule has 6 N–H and O–H groups in total. The molecule has 3 aromatic rings. The Balaban J connectivity index is 1.74. The molecule has 0 saturated carbocycles. The lowest BCUT2D eigenvalue weighted by molar-refractivity contribution is -0.123. The molecule has 0 bridgehead atoms. The van der Waals surface area contributed by atoms with Gasteiger partial charge < -0.3 is 26.2 Å². The first-order chi connectivity index (χ1) is 21.7. The largest absolute Gasteiger partial charge is 0.469 e. The van der Waals surface area contributed by atoms with E-state index in [2.05, 4.69) is 10.6 Å². The number of anilines is 1. The molecular formula is C32H44FN4O7PS. The van der Waals surface area contributed by atoms with E-state index in [0.29, 0.717) is 12.8 Å². The van der Waals surface area contributed by atoms with E-state index in [1.165, 1.54) is 6.07 Å². The highest BCUT2D eigenvalue weighted by molar-refractivity contribution is 7.89. The van der Waals surface area contributed by atoms with Crippen LogP contribution in [0.15, 0.2) is 83.8 Å². The number of hydrogen-bond donors (Lipinski definition) is 5. The van der Waals surface area contributed by atoms with Crippen LogP contribution in [0.25, 0.3) is 0 Å². The number of nitrogen functional groups attached to an aromatic ring is 1. The standard InChI is InChI=1S/C32H44FN4O7PS/c1-23(2)21-37(46(42,43)27-17-18-29(34)28(33)20-27)26(22-44-45(39,40)41)16-10-11-19-36-32(38)31(35-3)30(24-12-6-4-7-13-24)25-14-8-5-9-15-25/h4-9,12-15,17-18,20,23,26,30-31,35H,10-11,16,19,21-22,34H2,1-3H3,(H,36,38)(H2,39,40,41)/t26-,31-/m0/s1. The highest BCUT2D eigenvalue weighted by atomic mass is 32.2. The van der Waals surface area contributed by atoms with Crippen molar-refractivity contribution in [2.24, 2.45) is 5.92 Å². The molecule has 14 heteroatoms. The fourth-order valence-electron chi connectivity index (χ4n) is 5.27. The second kappa shape index (κ2) is 17.1. The summed E-state index contributed by atoms with van der Waals surface area (Å²) >= 11 is 0. The topological polar surface area (TPSA) is 171 Å². The van der Waals surface area contributed by atoms with Crippen LogP contribution in [0, 0.1) is 11.7 Å². The maximum absolute atomic E-state index is 14.2. The van der Waals surface area contributed by atoms with Gasteiger partial charge in [-0.3, -0.25) is 9.32 Å². The van der Waals surface area contributed by atoms with E-state index < -0.39 is 42.4 Å². The number of amides is 1. The van der Waals surface area contributed by atoms with Crippen molar-refractivity contribution in [1.82, 2.24) is 14.9 Å². The van der Waals surface area contributed by atoms with Crippen LogP contribution in [0.5, 0.6) is 0 Å². The average molecular weight is 679 g/mol. The number of nitrogens with two attached hydrogens (primary N) is 1. The smallest absolute Gasteiger partial charge is 0.396 e. The second-order valence-corrected chi connectivity index (χ2v) is 14.6. The number of unbranched alkanes of at least 4 members (excludes halogenated alkanes) is 1. The highest BCUT2D eigenvalue weighted by Crippen LogP contribution is 2.37. The highest BCUT2D eigenvalue weighted by Gasteiger charge is 2.34. The monoisotopic (exact) mass is 678 g/mol. The molecule has 46 heavy (non-hydrogen) atoms. The number of halogens is 1. The number of rotatable bonds is 18. The molecule has 3 rings (SSSR count). The Morgan fingerprint density at radius 3 is 2.09 bits per heavy atom. The molecule has 0 aliphatic carbocycles. The Morgan fingerprint density at radius 1 is 1.00 bits per heavy atom. The van der Waals surface area contributed by atoms with Crippen molar-refractivity contribution in [3.8, 4) is 0 Å². The molecule has 0 fully saturated rings. The molecule has 11 nitrogen and oxygen atoms in total. The van der Waals surface area contributed by atoms with Gasteiger partial charge in [0, 0.05) is 25.0 Å². The van der Waals surface area contributed by atoms with Crippen LogP contribution < -0.4 is 16.4 Å². The molecule has 0 radical (unpaired) electrons. The first-order valence-electron chi connectivity index (χ1n) is 15.1. The van der Waals surface area contributed by atoms with Gasteiger partial charge in [-0.05, 0) is 55.1 Å². The molecule has 0 aromatic heterocycles. The van der Waals surface area contributed by atoms with E-state index in [-0.39, 0.29) is 47.8 Å². The molecule has 0 aliphatic rings. The van der Waals surface area contributed by atoms with Crippen molar-refractivity contribution < 1.29 is 36.5 Å². The van der Waals surface area contributed by atoms with Crippen LogP contribution in [0.4, 0.5) is 10.1 Å². The maximum atomic E-state index is 14.2. The predicted molar refractivity (Wildman–Crippen MR) is 176 cm³/mol. The van der Waals surface area contributed by atoms with Crippen LogP contribution in [-0.4, -0.2) is 67.2 Å². The van der Waals surface area contributed by atoms with E-state index in [4.69, 9.17) is 10.3 Å². The molecule has 0 saturated heterocycles. The Labute approximate surface area is 270 Å². The summed E-state index contributed by atoms with van der Waals surface area (Å²) < 4.78 is 59.1. The number of phosphoric ester groups is 1. The van der Waals surface area contributed by atoms with E-state index in [1.54, 1.807) is 20.9 Å². The zero-order valence-corrected chi connectivity index (χ0v) is 28.0. The molecular weight excluding hydrogens is 634 g/mol. The first kappa shape index (κ1) is 37.3. The number of phosphoric acid groups is 1. The Kier molecular flexibility index (Phi) is 13.9. The van der Waals surface area contributed by atoms with E-state index in [0.717, 1.165) is 27.6 Å². The van der Waals surface area contributed by atoms with Gasteiger partial charge in [0.1, 0.15) is 5.82 Å². The van der Waals surface area contributed by atoms with E-state index >= 15 is 0 Å². The van der Waals surface area contributed by atoms with Gasteiger partial charge in [-0.15, -0.1) is 0 Å². The third-order valence-electron chi connectivity index (χ3n) is 7.47. The number of carbonyl (C=O) groups excluding carboxylic acids is 1. The SMILES string of the molecule is CN[C@H](C(=O)NCCCC[C@@H](COP(=O)(O)O)N(CC(C)C)S(=O)(=O)c1ccc(N)c(F)c1)C(c1ccccc1)c1ccccc1. The molecule has 2 atom stereocenters. The summed E-state index contributed by atoms with van der Waals surface area (Å²) in [7, 11) is -7.51. The van der Waals surface area contributed by atoms with E-state index in [1.807, 2.05) is 60.7 Å². The van der Waals surface area contributed by atoms with Crippen LogP contribution in [0.3, 0.4) is 0 Å². The van der Waals surface area contributed by atoms with Crippen molar-refractivity contribution in [3.63, 3.8) is 0 Å².